The molecule has 0 aromatic heterocycles. The summed E-state index contributed by atoms with van der Waals surface area (Å²) in [7, 11) is 0. The number of nitrogens with two attached hydrogens (primary N) is 1. The Morgan fingerprint density at radius 2 is 1.94 bits per heavy atom. The van der Waals surface area contributed by atoms with Crippen LogP contribution in [0.5, 0.6) is 0 Å². The SMILES string of the molecule is CC1(CNC(=O)C2CCCC(N)C2)CCCC1.Cl. The van der Waals surface area contributed by atoms with Crippen LogP contribution in [-0.4, -0.2) is 18.5 Å². The quantitative estimate of drug-likeness (QED) is 0.831. The average molecular weight is 275 g/mol. The predicted molar refractivity (Wildman–Crippen MR) is 76.8 cm³/mol. The highest BCUT2D eigenvalue weighted by molar-refractivity contribution is 5.85. The Hall–Kier alpha value is -0.280. The summed E-state index contributed by atoms with van der Waals surface area (Å²) in [4.78, 5) is 12.1. The fraction of sp³-hybridized carbons (Fsp3) is 0.929. The number of carbonyl (C=O) groups is 1. The standard InChI is InChI=1S/C14H26N2O.ClH/c1-14(7-2-3-8-14)10-16-13(17)11-5-4-6-12(15)9-11;/h11-12H,2-10,15H2,1H3,(H,16,17);1H. The minimum Gasteiger partial charge on any atom is -0.355 e. The van der Waals surface area contributed by atoms with Gasteiger partial charge in [-0.2, -0.15) is 0 Å². The summed E-state index contributed by atoms with van der Waals surface area (Å²) in [6.45, 7) is 3.16. The smallest absolute Gasteiger partial charge is 0.223 e. The number of rotatable bonds is 3. The van der Waals surface area contributed by atoms with E-state index in [1.165, 1.54) is 25.7 Å². The Morgan fingerprint density at radius 3 is 2.56 bits per heavy atom. The number of halogens is 1. The van der Waals surface area contributed by atoms with Gasteiger partial charge < -0.3 is 11.1 Å². The summed E-state index contributed by atoms with van der Waals surface area (Å²) in [5.74, 6) is 0.414. The maximum Gasteiger partial charge on any atom is 0.223 e. The Labute approximate surface area is 117 Å². The maximum absolute atomic E-state index is 12.1. The van der Waals surface area contributed by atoms with E-state index in [9.17, 15) is 4.79 Å². The van der Waals surface area contributed by atoms with E-state index >= 15 is 0 Å². The molecule has 0 aromatic carbocycles. The van der Waals surface area contributed by atoms with Crippen molar-refractivity contribution in [2.45, 2.75) is 64.3 Å². The third-order valence-corrected chi connectivity index (χ3v) is 4.59. The van der Waals surface area contributed by atoms with Crippen LogP contribution < -0.4 is 11.1 Å². The molecule has 3 N–H and O–H groups in total. The van der Waals surface area contributed by atoms with Crippen LogP contribution in [-0.2, 0) is 4.79 Å². The highest BCUT2D eigenvalue weighted by atomic mass is 35.5. The van der Waals surface area contributed by atoms with E-state index in [0.717, 1.165) is 32.2 Å². The van der Waals surface area contributed by atoms with Gasteiger partial charge in [0.1, 0.15) is 0 Å². The predicted octanol–water partition coefficient (Wildman–Crippen LogP) is 2.62. The van der Waals surface area contributed by atoms with Crippen molar-refractivity contribution in [3.8, 4) is 0 Å². The zero-order chi connectivity index (χ0) is 12.3. The van der Waals surface area contributed by atoms with Crippen LogP contribution in [0, 0.1) is 11.3 Å². The van der Waals surface area contributed by atoms with E-state index in [0.29, 0.717) is 5.41 Å². The van der Waals surface area contributed by atoms with Gasteiger partial charge in [0.25, 0.3) is 0 Å². The van der Waals surface area contributed by atoms with Crippen LogP contribution in [0.15, 0.2) is 0 Å². The number of hydrogen-bond acceptors (Lipinski definition) is 2. The molecule has 0 bridgehead atoms. The first-order valence-corrected chi connectivity index (χ1v) is 7.12. The fourth-order valence-electron chi connectivity index (χ4n) is 3.32. The van der Waals surface area contributed by atoms with Crippen LogP contribution in [0.3, 0.4) is 0 Å². The van der Waals surface area contributed by atoms with Crippen LogP contribution in [0.1, 0.15) is 58.3 Å². The molecule has 2 fully saturated rings. The van der Waals surface area contributed by atoms with Crippen molar-refractivity contribution in [1.29, 1.82) is 0 Å². The highest BCUT2D eigenvalue weighted by Gasteiger charge is 2.31. The first kappa shape index (κ1) is 15.8. The average Bonchev–Trinajstić information content (AvgIpc) is 2.74. The van der Waals surface area contributed by atoms with Gasteiger partial charge in [-0.05, 0) is 37.5 Å². The van der Waals surface area contributed by atoms with Crippen LogP contribution in [0.2, 0.25) is 0 Å². The Kier molecular flexibility index (Phi) is 5.93. The topological polar surface area (TPSA) is 55.1 Å². The first-order valence-electron chi connectivity index (χ1n) is 7.12. The molecule has 0 radical (unpaired) electrons. The van der Waals surface area contributed by atoms with E-state index in [4.69, 9.17) is 5.73 Å². The highest BCUT2D eigenvalue weighted by Crippen LogP contribution is 2.36. The molecule has 0 heterocycles. The van der Waals surface area contributed by atoms with Crippen molar-refractivity contribution in [3.05, 3.63) is 0 Å². The molecule has 1 amide bonds. The molecule has 18 heavy (non-hydrogen) atoms. The van der Waals surface area contributed by atoms with Crippen molar-refractivity contribution in [1.82, 2.24) is 5.32 Å². The van der Waals surface area contributed by atoms with Crippen LogP contribution in [0.25, 0.3) is 0 Å². The summed E-state index contributed by atoms with van der Waals surface area (Å²) >= 11 is 0. The largest absolute Gasteiger partial charge is 0.355 e. The molecular weight excluding hydrogens is 248 g/mol. The fourth-order valence-corrected chi connectivity index (χ4v) is 3.32. The molecule has 0 spiro atoms. The van der Waals surface area contributed by atoms with Crippen LogP contribution >= 0.6 is 12.4 Å². The molecular formula is C14H27ClN2O. The van der Waals surface area contributed by atoms with Gasteiger partial charge in [0, 0.05) is 18.5 Å². The zero-order valence-corrected chi connectivity index (χ0v) is 12.2. The molecule has 2 aliphatic carbocycles. The van der Waals surface area contributed by atoms with Crippen LogP contribution in [0.4, 0.5) is 0 Å². The van der Waals surface area contributed by atoms with E-state index < -0.39 is 0 Å². The van der Waals surface area contributed by atoms with Gasteiger partial charge in [-0.15, -0.1) is 12.4 Å². The third-order valence-electron chi connectivity index (χ3n) is 4.59. The molecule has 106 valence electrons. The van der Waals surface area contributed by atoms with E-state index in [-0.39, 0.29) is 30.3 Å². The second-order valence-corrected chi connectivity index (χ2v) is 6.36. The van der Waals surface area contributed by atoms with Crippen molar-refractivity contribution in [2.24, 2.45) is 17.1 Å². The second-order valence-electron chi connectivity index (χ2n) is 6.36. The number of amides is 1. The van der Waals surface area contributed by atoms with E-state index in [2.05, 4.69) is 12.2 Å². The molecule has 2 atom stereocenters. The van der Waals surface area contributed by atoms with Gasteiger partial charge in [-0.1, -0.05) is 26.2 Å². The summed E-state index contributed by atoms with van der Waals surface area (Å²) in [5.41, 5.74) is 6.28. The molecule has 2 rings (SSSR count). The molecule has 4 heteroatoms. The Morgan fingerprint density at radius 1 is 1.28 bits per heavy atom. The Balaban J connectivity index is 0.00000162. The molecule has 2 saturated carbocycles. The molecule has 0 aliphatic heterocycles. The minimum atomic E-state index is 0. The van der Waals surface area contributed by atoms with Crippen molar-refractivity contribution < 1.29 is 4.79 Å². The number of nitrogens with one attached hydrogen (secondary N) is 1. The van der Waals surface area contributed by atoms with Gasteiger partial charge in [0.15, 0.2) is 0 Å². The van der Waals surface area contributed by atoms with E-state index in [1.807, 2.05) is 0 Å². The summed E-state index contributed by atoms with van der Waals surface area (Å²) in [6.07, 6.45) is 9.26. The molecule has 0 aromatic rings. The maximum atomic E-state index is 12.1. The monoisotopic (exact) mass is 274 g/mol. The summed E-state index contributed by atoms with van der Waals surface area (Å²) < 4.78 is 0. The number of carbonyl (C=O) groups excluding carboxylic acids is 1. The molecule has 2 aliphatic rings. The summed E-state index contributed by atoms with van der Waals surface area (Å²) in [6, 6.07) is 0.238. The lowest BCUT2D eigenvalue weighted by Crippen LogP contribution is -2.41. The lowest BCUT2D eigenvalue weighted by molar-refractivity contribution is -0.126. The molecule has 2 unspecified atom stereocenters. The van der Waals surface area contributed by atoms with Gasteiger partial charge in [-0.25, -0.2) is 0 Å². The Bertz CT molecular complexity index is 277. The molecule has 0 saturated heterocycles. The zero-order valence-electron chi connectivity index (χ0n) is 11.4. The minimum absolute atomic E-state index is 0. The van der Waals surface area contributed by atoms with Crippen molar-refractivity contribution >= 4 is 18.3 Å². The number of hydrogen-bond donors (Lipinski definition) is 2. The van der Waals surface area contributed by atoms with Gasteiger partial charge in [0.2, 0.25) is 5.91 Å². The van der Waals surface area contributed by atoms with E-state index in [1.54, 1.807) is 0 Å². The van der Waals surface area contributed by atoms with Gasteiger partial charge in [-0.3, -0.25) is 4.79 Å². The normalized spacial score (nSPS) is 30.6. The van der Waals surface area contributed by atoms with Gasteiger partial charge >= 0.3 is 0 Å². The molecule has 3 nitrogen and oxygen atoms in total. The third kappa shape index (κ3) is 4.13. The first-order chi connectivity index (χ1) is 8.09. The van der Waals surface area contributed by atoms with Gasteiger partial charge in [0.05, 0.1) is 0 Å². The lowest BCUT2D eigenvalue weighted by Gasteiger charge is -2.28. The lowest BCUT2D eigenvalue weighted by atomic mass is 9.84. The van der Waals surface area contributed by atoms with Crippen molar-refractivity contribution in [3.63, 3.8) is 0 Å². The summed E-state index contributed by atoms with van der Waals surface area (Å²) in [5, 5.41) is 3.16. The van der Waals surface area contributed by atoms with Crippen molar-refractivity contribution in [2.75, 3.05) is 6.54 Å². The second kappa shape index (κ2) is 6.76.